The highest BCUT2D eigenvalue weighted by molar-refractivity contribution is 9.10. The Bertz CT molecular complexity index is 602. The molecular formula is C14H11Br2ClFN. The quantitative estimate of drug-likeness (QED) is 0.727. The molecule has 1 unspecified atom stereocenters. The lowest BCUT2D eigenvalue weighted by Gasteiger charge is -2.20. The van der Waals surface area contributed by atoms with Crippen LogP contribution >= 0.6 is 43.5 Å². The van der Waals surface area contributed by atoms with Crippen molar-refractivity contribution in [2.45, 2.75) is 6.04 Å². The molecule has 100 valence electrons. The summed E-state index contributed by atoms with van der Waals surface area (Å²) >= 11 is 12.8. The summed E-state index contributed by atoms with van der Waals surface area (Å²) in [5.41, 5.74) is 1.38. The molecule has 0 bridgehead atoms. The van der Waals surface area contributed by atoms with Crippen LogP contribution in [0.1, 0.15) is 17.2 Å². The Balaban J connectivity index is 2.56. The van der Waals surface area contributed by atoms with Crippen LogP contribution in [0.4, 0.5) is 4.39 Å². The third-order valence-corrected chi connectivity index (χ3v) is 4.30. The van der Waals surface area contributed by atoms with Crippen LogP contribution in [0.2, 0.25) is 5.02 Å². The number of hydrogen-bond donors (Lipinski definition) is 1. The molecule has 1 nitrogen and oxygen atoms in total. The fourth-order valence-electron chi connectivity index (χ4n) is 1.96. The van der Waals surface area contributed by atoms with Gasteiger partial charge in [0.15, 0.2) is 0 Å². The Kier molecular flexibility index (Phi) is 5.01. The average molecular weight is 408 g/mol. The fraction of sp³-hybridized carbons (Fsp3) is 0.143. The highest BCUT2D eigenvalue weighted by Gasteiger charge is 2.20. The minimum absolute atomic E-state index is 0.280. The van der Waals surface area contributed by atoms with E-state index < -0.39 is 0 Å². The van der Waals surface area contributed by atoms with E-state index in [1.807, 2.05) is 12.1 Å². The maximum atomic E-state index is 14.2. The van der Waals surface area contributed by atoms with Crippen LogP contribution in [0.25, 0.3) is 0 Å². The molecule has 0 aliphatic carbocycles. The zero-order chi connectivity index (χ0) is 14.0. The highest BCUT2D eigenvalue weighted by Crippen LogP contribution is 2.33. The van der Waals surface area contributed by atoms with E-state index in [9.17, 15) is 4.39 Å². The molecule has 0 radical (unpaired) electrons. The molecule has 0 aromatic heterocycles. The topological polar surface area (TPSA) is 12.0 Å². The zero-order valence-corrected chi connectivity index (χ0v) is 14.0. The van der Waals surface area contributed by atoms with Crippen LogP contribution in [0.15, 0.2) is 45.3 Å². The van der Waals surface area contributed by atoms with Crippen molar-refractivity contribution in [2.24, 2.45) is 0 Å². The smallest absolute Gasteiger partial charge is 0.142 e. The zero-order valence-electron chi connectivity index (χ0n) is 10.1. The second-order valence-corrected chi connectivity index (χ2v) is 6.21. The van der Waals surface area contributed by atoms with Crippen molar-refractivity contribution < 1.29 is 4.39 Å². The van der Waals surface area contributed by atoms with Gasteiger partial charge in [-0.05, 0) is 52.8 Å². The van der Waals surface area contributed by atoms with Crippen LogP contribution < -0.4 is 5.32 Å². The van der Waals surface area contributed by atoms with Gasteiger partial charge in [-0.1, -0.05) is 39.7 Å². The number of nitrogens with one attached hydrogen (secondary N) is 1. The second kappa shape index (κ2) is 6.35. The van der Waals surface area contributed by atoms with E-state index in [1.165, 1.54) is 0 Å². The Morgan fingerprint density at radius 3 is 2.58 bits per heavy atom. The van der Waals surface area contributed by atoms with Crippen LogP contribution in [0, 0.1) is 5.82 Å². The summed E-state index contributed by atoms with van der Waals surface area (Å²) in [5.74, 6) is -0.280. The van der Waals surface area contributed by atoms with Gasteiger partial charge in [0, 0.05) is 15.1 Å². The lowest BCUT2D eigenvalue weighted by Crippen LogP contribution is -2.19. The van der Waals surface area contributed by atoms with Crippen LogP contribution in [-0.4, -0.2) is 7.05 Å². The molecule has 2 aromatic rings. The van der Waals surface area contributed by atoms with E-state index in [0.717, 1.165) is 10.0 Å². The van der Waals surface area contributed by atoms with Gasteiger partial charge < -0.3 is 5.32 Å². The third-order valence-electron chi connectivity index (χ3n) is 2.85. The van der Waals surface area contributed by atoms with Crippen LogP contribution in [0.3, 0.4) is 0 Å². The number of rotatable bonds is 3. The maximum absolute atomic E-state index is 14.2. The van der Waals surface area contributed by atoms with Crippen molar-refractivity contribution in [3.8, 4) is 0 Å². The second-order valence-electron chi connectivity index (χ2n) is 4.03. The summed E-state index contributed by atoms with van der Waals surface area (Å²) in [6, 6.07) is 10.5. The first kappa shape index (κ1) is 15.0. The molecule has 1 N–H and O–H groups in total. The van der Waals surface area contributed by atoms with Gasteiger partial charge in [-0.3, -0.25) is 0 Å². The summed E-state index contributed by atoms with van der Waals surface area (Å²) in [5, 5.41) is 3.70. The van der Waals surface area contributed by atoms with Crippen molar-refractivity contribution in [3.63, 3.8) is 0 Å². The Labute approximate surface area is 133 Å². The normalized spacial score (nSPS) is 12.5. The van der Waals surface area contributed by atoms with Crippen molar-refractivity contribution >= 4 is 43.5 Å². The molecule has 19 heavy (non-hydrogen) atoms. The Morgan fingerprint density at radius 2 is 1.89 bits per heavy atom. The third kappa shape index (κ3) is 3.19. The molecule has 0 saturated carbocycles. The van der Waals surface area contributed by atoms with Crippen molar-refractivity contribution in [1.82, 2.24) is 5.32 Å². The summed E-state index contributed by atoms with van der Waals surface area (Å²) in [4.78, 5) is 0. The van der Waals surface area contributed by atoms with E-state index in [1.54, 1.807) is 31.3 Å². The summed E-state index contributed by atoms with van der Waals surface area (Å²) in [6.07, 6.45) is 0. The molecule has 0 heterocycles. The first-order valence-electron chi connectivity index (χ1n) is 5.60. The van der Waals surface area contributed by atoms with E-state index in [4.69, 9.17) is 11.6 Å². The van der Waals surface area contributed by atoms with Crippen molar-refractivity contribution in [3.05, 3.63) is 67.3 Å². The lowest BCUT2D eigenvalue weighted by molar-refractivity contribution is 0.571. The Hall–Kier alpha value is -0.420. The summed E-state index contributed by atoms with van der Waals surface area (Å²) in [6.45, 7) is 0. The van der Waals surface area contributed by atoms with E-state index in [0.29, 0.717) is 15.1 Å². The Morgan fingerprint density at radius 1 is 1.16 bits per heavy atom. The summed E-state index contributed by atoms with van der Waals surface area (Å²) in [7, 11) is 1.78. The maximum Gasteiger partial charge on any atom is 0.142 e. The molecule has 0 spiro atoms. The first-order valence-corrected chi connectivity index (χ1v) is 7.57. The number of halogens is 4. The van der Waals surface area contributed by atoms with Gasteiger partial charge in [0.25, 0.3) is 0 Å². The first-order chi connectivity index (χ1) is 9.04. The number of hydrogen-bond acceptors (Lipinski definition) is 1. The van der Waals surface area contributed by atoms with Crippen molar-refractivity contribution in [1.29, 1.82) is 0 Å². The fourth-order valence-corrected chi connectivity index (χ4v) is 2.94. The van der Waals surface area contributed by atoms with Gasteiger partial charge in [0.2, 0.25) is 0 Å². The van der Waals surface area contributed by atoms with Gasteiger partial charge in [0.1, 0.15) is 5.82 Å². The van der Waals surface area contributed by atoms with Gasteiger partial charge in [-0.15, -0.1) is 0 Å². The molecule has 5 heteroatoms. The predicted molar refractivity (Wildman–Crippen MR) is 84.2 cm³/mol. The highest BCUT2D eigenvalue weighted by atomic mass is 79.9. The number of benzene rings is 2. The SMILES string of the molecule is CNC(c1cc(Br)ccc1Cl)c1cccc(Br)c1F. The average Bonchev–Trinajstić information content (AvgIpc) is 2.39. The van der Waals surface area contributed by atoms with Crippen LogP contribution in [-0.2, 0) is 0 Å². The largest absolute Gasteiger partial charge is 0.309 e. The molecular weight excluding hydrogens is 396 g/mol. The minimum atomic E-state index is -0.303. The molecule has 0 aliphatic rings. The minimum Gasteiger partial charge on any atom is -0.309 e. The molecule has 0 aliphatic heterocycles. The van der Waals surface area contributed by atoms with Crippen LogP contribution in [0.5, 0.6) is 0 Å². The van der Waals surface area contributed by atoms with Gasteiger partial charge >= 0.3 is 0 Å². The molecule has 0 saturated heterocycles. The molecule has 1 atom stereocenters. The standard InChI is InChI=1S/C14H11Br2ClFN/c1-19-14(9-3-2-4-11(16)13(9)18)10-7-8(15)5-6-12(10)17/h2-7,14,19H,1H3. The van der Waals surface area contributed by atoms with Crippen molar-refractivity contribution in [2.75, 3.05) is 7.05 Å². The summed E-state index contributed by atoms with van der Waals surface area (Å²) < 4.78 is 15.6. The van der Waals surface area contributed by atoms with Gasteiger partial charge in [-0.2, -0.15) is 0 Å². The monoisotopic (exact) mass is 405 g/mol. The van der Waals surface area contributed by atoms with E-state index >= 15 is 0 Å². The molecule has 0 fully saturated rings. The van der Waals surface area contributed by atoms with E-state index in [-0.39, 0.29) is 11.9 Å². The predicted octanol–water partition coefficient (Wildman–Crippen LogP) is 5.31. The molecule has 0 amide bonds. The molecule has 2 aromatic carbocycles. The van der Waals surface area contributed by atoms with E-state index in [2.05, 4.69) is 37.2 Å². The van der Waals surface area contributed by atoms with Gasteiger partial charge in [0.05, 0.1) is 10.5 Å². The molecule has 2 rings (SSSR count). The lowest BCUT2D eigenvalue weighted by atomic mass is 9.98. The van der Waals surface area contributed by atoms with Gasteiger partial charge in [-0.25, -0.2) is 4.39 Å².